The minimum absolute atomic E-state index is 0. The maximum atomic E-state index is 11.6. The van der Waals surface area contributed by atoms with E-state index in [0.717, 1.165) is 18.5 Å². The largest absolute Gasteiger partial charge is 0.337 e. The molecule has 1 aromatic carbocycles. The number of nitrogens with zero attached hydrogens (tertiary/aromatic N) is 1. The van der Waals surface area contributed by atoms with Gasteiger partial charge in [-0.1, -0.05) is 23.7 Å². The van der Waals surface area contributed by atoms with E-state index in [2.05, 4.69) is 0 Å². The molecule has 0 bridgehead atoms. The Hall–Kier alpha value is -0.770. The summed E-state index contributed by atoms with van der Waals surface area (Å²) in [6, 6.07) is 7.23. The van der Waals surface area contributed by atoms with Crippen LogP contribution in [-0.2, 0) is 11.3 Å². The monoisotopic (exact) mass is 260 g/mol. The lowest BCUT2D eigenvalue weighted by Gasteiger charge is -2.15. The van der Waals surface area contributed by atoms with Gasteiger partial charge in [0.25, 0.3) is 0 Å². The normalized spacial score (nSPS) is 19.8. The molecule has 88 valence electrons. The topological polar surface area (TPSA) is 46.3 Å². The molecule has 1 saturated heterocycles. The molecular weight excluding hydrogens is 247 g/mol. The van der Waals surface area contributed by atoms with Gasteiger partial charge in [-0.25, -0.2) is 0 Å². The summed E-state index contributed by atoms with van der Waals surface area (Å²) in [5.41, 5.74) is 6.68. The van der Waals surface area contributed by atoms with Gasteiger partial charge in [0, 0.05) is 18.1 Å². The molecule has 1 atom stereocenters. The fourth-order valence-corrected chi connectivity index (χ4v) is 1.99. The van der Waals surface area contributed by atoms with Gasteiger partial charge in [0.15, 0.2) is 0 Å². The fraction of sp³-hybridized carbons (Fsp3) is 0.364. The van der Waals surface area contributed by atoms with Crippen LogP contribution in [0.1, 0.15) is 12.0 Å². The quantitative estimate of drug-likeness (QED) is 0.882. The van der Waals surface area contributed by atoms with E-state index in [4.69, 9.17) is 17.3 Å². The molecule has 3 nitrogen and oxygen atoms in total. The number of carbonyl (C=O) groups excluding carboxylic acids is 1. The number of nitrogens with two attached hydrogens (primary N) is 1. The highest BCUT2D eigenvalue weighted by Crippen LogP contribution is 2.16. The van der Waals surface area contributed by atoms with Gasteiger partial charge in [0.05, 0.1) is 6.04 Å². The molecule has 5 heteroatoms. The van der Waals surface area contributed by atoms with E-state index < -0.39 is 0 Å². The fourth-order valence-electron chi connectivity index (χ4n) is 1.78. The lowest BCUT2D eigenvalue weighted by atomic mass is 10.2. The average molecular weight is 261 g/mol. The number of benzene rings is 1. The van der Waals surface area contributed by atoms with Crippen molar-refractivity contribution in [1.82, 2.24) is 4.90 Å². The third-order valence-electron chi connectivity index (χ3n) is 2.60. The molecular formula is C11H14Cl2N2O. The standard InChI is InChI=1S/C11H13ClN2O.ClH/c12-9-3-1-2-8(6-9)7-14-5-4-10(13)11(14)15;/h1-3,6,10H,4-5,7,13H2;1H/t10-;/m0./s1. The van der Waals surface area contributed by atoms with Crippen molar-refractivity contribution in [2.45, 2.75) is 19.0 Å². The first-order valence-corrected chi connectivity index (χ1v) is 5.33. The zero-order valence-corrected chi connectivity index (χ0v) is 10.3. The Morgan fingerprint density at radius 3 is 2.81 bits per heavy atom. The first-order valence-electron chi connectivity index (χ1n) is 4.95. The third-order valence-corrected chi connectivity index (χ3v) is 2.84. The molecule has 0 aliphatic carbocycles. The molecule has 0 unspecified atom stereocenters. The van der Waals surface area contributed by atoms with E-state index in [0.29, 0.717) is 11.6 Å². The Morgan fingerprint density at radius 2 is 2.25 bits per heavy atom. The highest BCUT2D eigenvalue weighted by atomic mass is 35.5. The van der Waals surface area contributed by atoms with Crippen LogP contribution in [0.3, 0.4) is 0 Å². The zero-order chi connectivity index (χ0) is 10.8. The molecule has 1 aliphatic rings. The Kier molecular flexibility index (Phi) is 4.59. The van der Waals surface area contributed by atoms with Crippen LogP contribution in [-0.4, -0.2) is 23.4 Å². The molecule has 1 aromatic rings. The molecule has 2 N–H and O–H groups in total. The minimum Gasteiger partial charge on any atom is -0.337 e. The van der Waals surface area contributed by atoms with Gasteiger partial charge in [-0.15, -0.1) is 12.4 Å². The second-order valence-corrected chi connectivity index (χ2v) is 4.22. The van der Waals surface area contributed by atoms with Crippen molar-refractivity contribution in [2.75, 3.05) is 6.54 Å². The third kappa shape index (κ3) is 2.88. The number of carbonyl (C=O) groups is 1. The molecule has 0 spiro atoms. The van der Waals surface area contributed by atoms with E-state index in [-0.39, 0.29) is 24.4 Å². The van der Waals surface area contributed by atoms with Crippen molar-refractivity contribution < 1.29 is 4.79 Å². The van der Waals surface area contributed by atoms with E-state index >= 15 is 0 Å². The molecule has 0 radical (unpaired) electrons. The molecule has 0 saturated carbocycles. The summed E-state index contributed by atoms with van der Waals surface area (Å²) in [5.74, 6) is 0.0370. The van der Waals surface area contributed by atoms with Crippen molar-refractivity contribution in [2.24, 2.45) is 5.73 Å². The van der Waals surface area contributed by atoms with Gasteiger partial charge in [-0.2, -0.15) is 0 Å². The molecule has 1 heterocycles. The van der Waals surface area contributed by atoms with Gasteiger partial charge in [-0.05, 0) is 24.1 Å². The van der Waals surface area contributed by atoms with Crippen LogP contribution in [0.5, 0.6) is 0 Å². The van der Waals surface area contributed by atoms with Crippen molar-refractivity contribution in [1.29, 1.82) is 0 Å². The van der Waals surface area contributed by atoms with Gasteiger partial charge in [0.1, 0.15) is 0 Å². The van der Waals surface area contributed by atoms with Gasteiger partial charge in [0.2, 0.25) is 5.91 Å². The highest BCUT2D eigenvalue weighted by molar-refractivity contribution is 6.30. The summed E-state index contributed by atoms with van der Waals surface area (Å²) in [5, 5.41) is 0.698. The molecule has 1 aliphatic heterocycles. The minimum atomic E-state index is -0.316. The maximum absolute atomic E-state index is 11.6. The first-order chi connectivity index (χ1) is 7.16. The summed E-state index contributed by atoms with van der Waals surface area (Å²) >= 11 is 5.87. The van der Waals surface area contributed by atoms with E-state index in [1.807, 2.05) is 24.3 Å². The summed E-state index contributed by atoms with van der Waals surface area (Å²) < 4.78 is 0. The number of halogens is 2. The highest BCUT2D eigenvalue weighted by Gasteiger charge is 2.28. The molecule has 16 heavy (non-hydrogen) atoms. The summed E-state index contributed by atoms with van der Waals surface area (Å²) in [4.78, 5) is 13.3. The summed E-state index contributed by atoms with van der Waals surface area (Å²) in [7, 11) is 0. The second kappa shape index (κ2) is 5.53. The number of hydrogen-bond donors (Lipinski definition) is 1. The molecule has 2 rings (SSSR count). The second-order valence-electron chi connectivity index (χ2n) is 3.78. The lowest BCUT2D eigenvalue weighted by Crippen LogP contribution is -2.33. The van der Waals surface area contributed by atoms with E-state index in [9.17, 15) is 4.79 Å². The van der Waals surface area contributed by atoms with Crippen molar-refractivity contribution >= 4 is 29.9 Å². The SMILES string of the molecule is Cl.N[C@H]1CCN(Cc2cccc(Cl)c2)C1=O. The average Bonchev–Trinajstić information content (AvgIpc) is 2.50. The first kappa shape index (κ1) is 13.3. The van der Waals surface area contributed by atoms with Crippen molar-refractivity contribution in [3.8, 4) is 0 Å². The Balaban J connectivity index is 0.00000128. The molecule has 1 amide bonds. The van der Waals surface area contributed by atoms with Crippen LogP contribution in [0.25, 0.3) is 0 Å². The Labute approximate surface area is 106 Å². The summed E-state index contributed by atoms with van der Waals surface area (Å²) in [6.07, 6.45) is 0.749. The maximum Gasteiger partial charge on any atom is 0.239 e. The number of rotatable bonds is 2. The van der Waals surface area contributed by atoms with Gasteiger partial charge < -0.3 is 10.6 Å². The number of amides is 1. The molecule has 0 aromatic heterocycles. The van der Waals surface area contributed by atoms with Gasteiger partial charge in [-0.3, -0.25) is 4.79 Å². The zero-order valence-electron chi connectivity index (χ0n) is 8.73. The van der Waals surface area contributed by atoms with Crippen molar-refractivity contribution in [3.63, 3.8) is 0 Å². The summed E-state index contributed by atoms with van der Waals surface area (Å²) in [6.45, 7) is 1.35. The van der Waals surface area contributed by atoms with Crippen LogP contribution in [0, 0.1) is 0 Å². The van der Waals surface area contributed by atoms with Crippen LogP contribution < -0.4 is 5.73 Å². The Morgan fingerprint density at radius 1 is 1.50 bits per heavy atom. The van der Waals surface area contributed by atoms with E-state index in [1.165, 1.54) is 0 Å². The van der Waals surface area contributed by atoms with E-state index in [1.54, 1.807) is 4.90 Å². The smallest absolute Gasteiger partial charge is 0.239 e. The predicted octanol–water partition coefficient (Wildman–Crippen LogP) is 1.82. The van der Waals surface area contributed by atoms with Crippen LogP contribution >= 0.6 is 24.0 Å². The number of likely N-dealkylation sites (tertiary alicyclic amines) is 1. The van der Waals surface area contributed by atoms with Crippen LogP contribution in [0.15, 0.2) is 24.3 Å². The Bertz CT molecular complexity index is 384. The molecule has 1 fully saturated rings. The lowest BCUT2D eigenvalue weighted by molar-refractivity contribution is -0.129. The number of hydrogen-bond acceptors (Lipinski definition) is 2. The van der Waals surface area contributed by atoms with Crippen LogP contribution in [0.2, 0.25) is 5.02 Å². The predicted molar refractivity (Wildman–Crippen MR) is 66.7 cm³/mol. The van der Waals surface area contributed by atoms with Gasteiger partial charge >= 0.3 is 0 Å². The van der Waals surface area contributed by atoms with Crippen molar-refractivity contribution in [3.05, 3.63) is 34.9 Å². The van der Waals surface area contributed by atoms with Crippen LogP contribution in [0.4, 0.5) is 0 Å².